The van der Waals surface area contributed by atoms with Crippen LogP contribution in [0.1, 0.15) is 32.7 Å². The number of carbonyl (C=O) groups is 1. The Morgan fingerprint density at radius 1 is 1.69 bits per heavy atom. The minimum Gasteiger partial charge on any atom is -0.462 e. The molecular formula is C10H15N3O2S. The first-order valence-corrected chi connectivity index (χ1v) is 6.37. The van der Waals surface area contributed by atoms with Crippen molar-refractivity contribution in [2.45, 2.75) is 44.0 Å². The fourth-order valence-electron chi connectivity index (χ4n) is 1.36. The van der Waals surface area contributed by atoms with Gasteiger partial charge in [0.1, 0.15) is 6.33 Å². The lowest BCUT2D eigenvalue weighted by molar-refractivity contribution is -0.144. The predicted molar refractivity (Wildman–Crippen MR) is 60.2 cm³/mol. The Kier molecular flexibility index (Phi) is 3.48. The number of thioether (sulfide) groups is 1. The Labute approximate surface area is 98.6 Å². The van der Waals surface area contributed by atoms with Crippen LogP contribution in [-0.2, 0) is 9.53 Å². The molecule has 0 N–H and O–H groups in total. The number of aromatic nitrogens is 3. The monoisotopic (exact) mass is 241 g/mol. The van der Waals surface area contributed by atoms with Crippen molar-refractivity contribution in [3.05, 3.63) is 6.33 Å². The van der Waals surface area contributed by atoms with E-state index in [1.165, 1.54) is 24.6 Å². The van der Waals surface area contributed by atoms with E-state index in [9.17, 15) is 4.79 Å². The Morgan fingerprint density at radius 2 is 2.44 bits per heavy atom. The summed E-state index contributed by atoms with van der Waals surface area (Å²) in [7, 11) is 0. The fraction of sp³-hybridized carbons (Fsp3) is 0.700. The molecule has 16 heavy (non-hydrogen) atoms. The number of ether oxygens (including phenoxy) is 1. The highest BCUT2D eigenvalue weighted by Gasteiger charge is 2.26. The lowest BCUT2D eigenvalue weighted by Gasteiger charge is -2.07. The molecule has 0 saturated heterocycles. The van der Waals surface area contributed by atoms with Gasteiger partial charge in [0.2, 0.25) is 0 Å². The van der Waals surface area contributed by atoms with Crippen LogP contribution in [0.2, 0.25) is 0 Å². The first-order valence-electron chi connectivity index (χ1n) is 5.38. The van der Waals surface area contributed by atoms with Crippen LogP contribution in [0.15, 0.2) is 11.5 Å². The van der Waals surface area contributed by atoms with Gasteiger partial charge < -0.3 is 9.30 Å². The third-order valence-electron chi connectivity index (χ3n) is 2.17. The van der Waals surface area contributed by atoms with Crippen molar-refractivity contribution < 1.29 is 9.53 Å². The van der Waals surface area contributed by atoms with Gasteiger partial charge >= 0.3 is 5.97 Å². The minimum absolute atomic E-state index is 0.0607. The van der Waals surface area contributed by atoms with E-state index >= 15 is 0 Å². The van der Waals surface area contributed by atoms with Gasteiger partial charge in [0.15, 0.2) is 5.16 Å². The SMILES string of the molecule is CC(C)OC(=O)CSc1nncn1C1CC1. The van der Waals surface area contributed by atoms with Crippen molar-refractivity contribution in [1.82, 2.24) is 14.8 Å². The molecule has 88 valence electrons. The molecule has 0 spiro atoms. The Bertz CT molecular complexity index is 374. The largest absolute Gasteiger partial charge is 0.462 e. The predicted octanol–water partition coefficient (Wildman–Crippen LogP) is 1.66. The van der Waals surface area contributed by atoms with Gasteiger partial charge in [-0.3, -0.25) is 4.79 Å². The number of rotatable bonds is 5. The molecule has 0 bridgehead atoms. The van der Waals surface area contributed by atoms with Crippen molar-refractivity contribution >= 4 is 17.7 Å². The van der Waals surface area contributed by atoms with E-state index in [1.807, 2.05) is 18.4 Å². The molecule has 1 aliphatic rings. The molecule has 1 aromatic rings. The summed E-state index contributed by atoms with van der Waals surface area (Å²) in [6, 6.07) is 0.540. The molecule has 1 fully saturated rings. The van der Waals surface area contributed by atoms with Crippen LogP contribution in [0.25, 0.3) is 0 Å². The maximum absolute atomic E-state index is 11.3. The van der Waals surface area contributed by atoms with Gasteiger partial charge in [-0.2, -0.15) is 0 Å². The molecular weight excluding hydrogens is 226 g/mol. The number of carbonyl (C=O) groups excluding carboxylic acids is 1. The maximum atomic E-state index is 11.3. The average molecular weight is 241 g/mol. The van der Waals surface area contributed by atoms with E-state index < -0.39 is 0 Å². The summed E-state index contributed by atoms with van der Waals surface area (Å²) in [6.07, 6.45) is 4.03. The molecule has 1 aliphatic carbocycles. The first-order chi connectivity index (χ1) is 7.66. The number of nitrogens with zero attached hydrogens (tertiary/aromatic N) is 3. The van der Waals surface area contributed by atoms with E-state index in [1.54, 1.807) is 6.33 Å². The molecule has 0 aromatic carbocycles. The van der Waals surface area contributed by atoms with Crippen molar-refractivity contribution in [1.29, 1.82) is 0 Å². The minimum atomic E-state index is -0.203. The second kappa shape index (κ2) is 4.86. The second-order valence-corrected chi connectivity index (χ2v) is 5.02. The van der Waals surface area contributed by atoms with E-state index in [4.69, 9.17) is 4.74 Å². The van der Waals surface area contributed by atoms with Crippen molar-refractivity contribution in [3.8, 4) is 0 Å². The van der Waals surface area contributed by atoms with E-state index in [0.29, 0.717) is 11.8 Å². The van der Waals surface area contributed by atoms with E-state index in [0.717, 1.165) is 5.16 Å². The quantitative estimate of drug-likeness (QED) is 0.579. The van der Waals surface area contributed by atoms with Gasteiger partial charge in [-0.1, -0.05) is 11.8 Å². The molecule has 1 aromatic heterocycles. The van der Waals surface area contributed by atoms with Gasteiger partial charge in [-0.05, 0) is 26.7 Å². The van der Waals surface area contributed by atoms with Crippen LogP contribution in [0, 0.1) is 0 Å². The highest BCUT2D eigenvalue weighted by atomic mass is 32.2. The van der Waals surface area contributed by atoms with Crippen LogP contribution in [-0.4, -0.2) is 32.6 Å². The van der Waals surface area contributed by atoms with E-state index in [2.05, 4.69) is 10.2 Å². The van der Waals surface area contributed by atoms with Gasteiger partial charge in [-0.25, -0.2) is 0 Å². The van der Waals surface area contributed by atoms with Crippen LogP contribution in [0.3, 0.4) is 0 Å². The van der Waals surface area contributed by atoms with Crippen molar-refractivity contribution in [3.63, 3.8) is 0 Å². The van der Waals surface area contributed by atoms with Gasteiger partial charge in [-0.15, -0.1) is 10.2 Å². The smallest absolute Gasteiger partial charge is 0.316 e. The van der Waals surface area contributed by atoms with Crippen LogP contribution in [0.5, 0.6) is 0 Å². The lowest BCUT2D eigenvalue weighted by Crippen LogP contribution is -2.13. The van der Waals surface area contributed by atoms with Crippen molar-refractivity contribution in [2.24, 2.45) is 0 Å². The number of esters is 1. The molecule has 2 rings (SSSR count). The molecule has 0 radical (unpaired) electrons. The van der Waals surface area contributed by atoms with Crippen LogP contribution in [0.4, 0.5) is 0 Å². The highest BCUT2D eigenvalue weighted by Crippen LogP contribution is 2.37. The molecule has 0 unspecified atom stereocenters. The summed E-state index contributed by atoms with van der Waals surface area (Å²) in [5, 5.41) is 8.67. The molecule has 5 nitrogen and oxygen atoms in total. The zero-order chi connectivity index (χ0) is 11.5. The Balaban J connectivity index is 1.84. The average Bonchev–Trinajstić information content (AvgIpc) is 2.94. The zero-order valence-electron chi connectivity index (χ0n) is 9.42. The van der Waals surface area contributed by atoms with Gasteiger partial charge in [0.05, 0.1) is 11.9 Å². The molecule has 0 amide bonds. The molecule has 1 heterocycles. The summed E-state index contributed by atoms with van der Waals surface area (Å²) < 4.78 is 7.08. The normalized spacial score (nSPS) is 15.4. The second-order valence-electron chi connectivity index (χ2n) is 4.08. The number of hydrogen-bond donors (Lipinski definition) is 0. The third-order valence-corrected chi connectivity index (χ3v) is 3.10. The maximum Gasteiger partial charge on any atom is 0.316 e. The summed E-state index contributed by atoms with van der Waals surface area (Å²) in [4.78, 5) is 11.3. The topological polar surface area (TPSA) is 57.0 Å². The highest BCUT2D eigenvalue weighted by molar-refractivity contribution is 7.99. The fourth-order valence-corrected chi connectivity index (χ4v) is 2.12. The van der Waals surface area contributed by atoms with Gasteiger partial charge in [0, 0.05) is 6.04 Å². The lowest BCUT2D eigenvalue weighted by atomic mass is 10.5. The summed E-state index contributed by atoms with van der Waals surface area (Å²) in [5.41, 5.74) is 0. The summed E-state index contributed by atoms with van der Waals surface area (Å²) in [5.74, 6) is 0.0918. The molecule has 6 heteroatoms. The molecule has 0 aliphatic heterocycles. The number of hydrogen-bond acceptors (Lipinski definition) is 5. The summed E-state index contributed by atoms with van der Waals surface area (Å²) in [6.45, 7) is 3.69. The van der Waals surface area contributed by atoms with Crippen molar-refractivity contribution in [2.75, 3.05) is 5.75 Å². The van der Waals surface area contributed by atoms with Crippen LogP contribution < -0.4 is 0 Å². The molecule has 0 atom stereocenters. The standard InChI is InChI=1S/C10H15N3O2S/c1-7(2)15-9(14)5-16-10-12-11-6-13(10)8-3-4-8/h6-8H,3-5H2,1-2H3. The molecule has 1 saturated carbocycles. The zero-order valence-corrected chi connectivity index (χ0v) is 10.2. The Hall–Kier alpha value is -1.04. The van der Waals surface area contributed by atoms with Crippen LogP contribution >= 0.6 is 11.8 Å². The first kappa shape index (κ1) is 11.4. The summed E-state index contributed by atoms with van der Waals surface area (Å²) >= 11 is 1.39. The van der Waals surface area contributed by atoms with E-state index in [-0.39, 0.29) is 12.1 Å². The third kappa shape index (κ3) is 2.98. The Morgan fingerprint density at radius 3 is 3.06 bits per heavy atom. The van der Waals surface area contributed by atoms with Gasteiger partial charge in [0.25, 0.3) is 0 Å².